The molecule has 2 aromatic heterocycles. The van der Waals surface area contributed by atoms with E-state index >= 15 is 0 Å². The highest BCUT2D eigenvalue weighted by Crippen LogP contribution is 2.34. The fraction of sp³-hybridized carbons (Fsp3) is 0.235. The largest absolute Gasteiger partial charge is 0.388 e. The lowest BCUT2D eigenvalue weighted by Gasteiger charge is -2.20. The molecule has 3 nitrogen and oxygen atoms in total. The Morgan fingerprint density at radius 2 is 2.14 bits per heavy atom. The van der Waals surface area contributed by atoms with Crippen molar-refractivity contribution in [1.29, 1.82) is 0 Å². The fourth-order valence-electron chi connectivity index (χ4n) is 3.21. The summed E-state index contributed by atoms with van der Waals surface area (Å²) in [7, 11) is 0. The molecule has 0 amide bonds. The molecule has 4 heteroatoms. The summed E-state index contributed by atoms with van der Waals surface area (Å²) >= 11 is 6.27. The van der Waals surface area contributed by atoms with Crippen LogP contribution < -0.4 is 0 Å². The van der Waals surface area contributed by atoms with Crippen LogP contribution in [0.25, 0.3) is 16.6 Å². The third-order valence-electron chi connectivity index (χ3n) is 4.23. The van der Waals surface area contributed by atoms with Crippen LogP contribution in [0.1, 0.15) is 30.2 Å². The Balaban J connectivity index is 1.98. The summed E-state index contributed by atoms with van der Waals surface area (Å²) in [5.41, 5.74) is 4.14. The summed E-state index contributed by atoms with van der Waals surface area (Å²) in [5.74, 6) is 0. The van der Waals surface area contributed by atoms with E-state index in [1.807, 2.05) is 36.5 Å². The first-order valence-electron chi connectivity index (χ1n) is 7.17. The number of hydrogen-bond acceptors (Lipinski definition) is 2. The molecule has 0 fully saturated rings. The number of fused-ring (bicyclic) bond motifs is 2. The average molecular weight is 299 g/mol. The minimum absolute atomic E-state index is 0.346. The van der Waals surface area contributed by atoms with E-state index in [4.69, 9.17) is 11.6 Å². The van der Waals surface area contributed by atoms with E-state index in [9.17, 15) is 5.11 Å². The van der Waals surface area contributed by atoms with E-state index in [2.05, 4.69) is 9.55 Å². The number of rotatable bonds is 1. The molecule has 2 heterocycles. The third kappa shape index (κ3) is 1.96. The second-order valence-electron chi connectivity index (χ2n) is 5.46. The Morgan fingerprint density at radius 1 is 1.24 bits per heavy atom. The SMILES string of the molecule is OC1CCCc2c1ccn2-c1ccc(Cl)c2cccnc12. The van der Waals surface area contributed by atoms with Crippen molar-refractivity contribution in [2.75, 3.05) is 0 Å². The van der Waals surface area contributed by atoms with Crippen molar-refractivity contribution >= 4 is 22.5 Å². The molecule has 0 saturated heterocycles. The van der Waals surface area contributed by atoms with Crippen LogP contribution in [0.2, 0.25) is 5.02 Å². The number of nitrogens with zero attached hydrogens (tertiary/aromatic N) is 2. The van der Waals surface area contributed by atoms with Crippen LogP contribution in [-0.4, -0.2) is 14.7 Å². The second kappa shape index (κ2) is 4.86. The van der Waals surface area contributed by atoms with Gasteiger partial charge < -0.3 is 9.67 Å². The molecule has 1 unspecified atom stereocenters. The van der Waals surface area contributed by atoms with Crippen molar-refractivity contribution < 1.29 is 5.11 Å². The molecule has 1 N–H and O–H groups in total. The van der Waals surface area contributed by atoms with Crippen molar-refractivity contribution in [2.24, 2.45) is 0 Å². The molecule has 106 valence electrons. The number of aliphatic hydroxyl groups excluding tert-OH is 1. The first kappa shape index (κ1) is 12.9. The first-order valence-corrected chi connectivity index (χ1v) is 7.55. The zero-order chi connectivity index (χ0) is 14.4. The van der Waals surface area contributed by atoms with Crippen molar-refractivity contribution in [3.8, 4) is 5.69 Å². The molecule has 0 bridgehead atoms. The second-order valence-corrected chi connectivity index (χ2v) is 5.87. The lowest BCUT2D eigenvalue weighted by atomic mass is 9.95. The lowest BCUT2D eigenvalue weighted by Crippen LogP contribution is -2.11. The van der Waals surface area contributed by atoms with Crippen LogP contribution in [-0.2, 0) is 6.42 Å². The van der Waals surface area contributed by atoms with Gasteiger partial charge in [0.05, 0.1) is 22.3 Å². The highest BCUT2D eigenvalue weighted by molar-refractivity contribution is 6.35. The quantitative estimate of drug-likeness (QED) is 0.736. The van der Waals surface area contributed by atoms with Gasteiger partial charge in [0, 0.05) is 29.0 Å². The van der Waals surface area contributed by atoms with Crippen LogP contribution in [0.5, 0.6) is 0 Å². The minimum Gasteiger partial charge on any atom is -0.388 e. The summed E-state index contributed by atoms with van der Waals surface area (Å²) < 4.78 is 2.14. The van der Waals surface area contributed by atoms with Gasteiger partial charge in [-0.05, 0) is 49.6 Å². The van der Waals surface area contributed by atoms with Gasteiger partial charge in [0.1, 0.15) is 0 Å². The predicted molar refractivity (Wildman–Crippen MR) is 84.0 cm³/mol. The molecule has 1 atom stereocenters. The van der Waals surface area contributed by atoms with E-state index in [0.29, 0.717) is 5.02 Å². The molecule has 0 radical (unpaired) electrons. The van der Waals surface area contributed by atoms with Gasteiger partial charge in [-0.15, -0.1) is 0 Å². The topological polar surface area (TPSA) is 38.0 Å². The molecule has 1 aliphatic carbocycles. The predicted octanol–water partition coefficient (Wildman–Crippen LogP) is 4.05. The van der Waals surface area contributed by atoms with Gasteiger partial charge in [0.15, 0.2) is 0 Å². The van der Waals surface area contributed by atoms with E-state index in [0.717, 1.165) is 41.4 Å². The Morgan fingerprint density at radius 3 is 3.05 bits per heavy atom. The standard InChI is InChI=1S/C17H15ClN2O/c18-13-6-7-15(17-11(13)3-2-9-19-17)20-10-8-12-14(20)4-1-5-16(12)21/h2-3,6-10,16,21H,1,4-5H2. The van der Waals surface area contributed by atoms with Crippen LogP contribution in [0.15, 0.2) is 42.7 Å². The molecule has 1 aliphatic rings. The molecule has 0 aliphatic heterocycles. The molecule has 3 aromatic rings. The Kier molecular flexibility index (Phi) is 2.98. The number of aromatic nitrogens is 2. The van der Waals surface area contributed by atoms with E-state index in [1.165, 1.54) is 5.69 Å². The van der Waals surface area contributed by atoms with E-state index < -0.39 is 0 Å². The maximum atomic E-state index is 10.1. The summed E-state index contributed by atoms with van der Waals surface area (Å²) in [6.07, 6.45) is 6.30. The van der Waals surface area contributed by atoms with Crippen LogP contribution in [0.3, 0.4) is 0 Å². The third-order valence-corrected chi connectivity index (χ3v) is 4.56. The Hall–Kier alpha value is -1.84. The van der Waals surface area contributed by atoms with Crippen molar-refractivity contribution in [3.05, 3.63) is 59.0 Å². The van der Waals surface area contributed by atoms with Gasteiger partial charge >= 0.3 is 0 Å². The zero-order valence-corrected chi connectivity index (χ0v) is 12.2. The van der Waals surface area contributed by atoms with Gasteiger partial charge in [-0.2, -0.15) is 0 Å². The smallest absolute Gasteiger partial charge is 0.0957 e. The lowest BCUT2D eigenvalue weighted by molar-refractivity contribution is 0.156. The van der Waals surface area contributed by atoms with E-state index in [-0.39, 0.29) is 6.10 Å². The van der Waals surface area contributed by atoms with Crippen molar-refractivity contribution in [2.45, 2.75) is 25.4 Å². The monoisotopic (exact) mass is 298 g/mol. The zero-order valence-electron chi connectivity index (χ0n) is 11.5. The van der Waals surface area contributed by atoms with Crippen LogP contribution >= 0.6 is 11.6 Å². The summed E-state index contributed by atoms with van der Waals surface area (Å²) in [4.78, 5) is 4.50. The van der Waals surface area contributed by atoms with E-state index in [1.54, 1.807) is 6.20 Å². The average Bonchev–Trinajstić information content (AvgIpc) is 2.93. The van der Waals surface area contributed by atoms with Gasteiger partial charge in [-0.25, -0.2) is 0 Å². The Labute approximate surface area is 127 Å². The number of benzene rings is 1. The first-order chi connectivity index (χ1) is 10.3. The molecule has 0 spiro atoms. The highest BCUT2D eigenvalue weighted by Gasteiger charge is 2.22. The number of hydrogen-bond donors (Lipinski definition) is 1. The summed E-state index contributed by atoms with van der Waals surface area (Å²) in [6.45, 7) is 0. The summed E-state index contributed by atoms with van der Waals surface area (Å²) in [6, 6.07) is 9.81. The molecule has 4 rings (SSSR count). The van der Waals surface area contributed by atoms with Crippen LogP contribution in [0.4, 0.5) is 0 Å². The fourth-order valence-corrected chi connectivity index (χ4v) is 3.43. The molecule has 0 saturated carbocycles. The van der Waals surface area contributed by atoms with Gasteiger partial charge in [-0.1, -0.05) is 11.6 Å². The van der Waals surface area contributed by atoms with Gasteiger partial charge in [0.2, 0.25) is 0 Å². The normalized spacial score (nSPS) is 17.9. The number of halogens is 1. The van der Waals surface area contributed by atoms with Gasteiger partial charge in [-0.3, -0.25) is 4.98 Å². The minimum atomic E-state index is -0.346. The number of pyridine rings is 1. The molecular formula is C17H15ClN2O. The summed E-state index contributed by atoms with van der Waals surface area (Å²) in [5, 5.41) is 11.8. The van der Waals surface area contributed by atoms with Crippen molar-refractivity contribution in [3.63, 3.8) is 0 Å². The van der Waals surface area contributed by atoms with Gasteiger partial charge in [0.25, 0.3) is 0 Å². The maximum absolute atomic E-state index is 10.1. The van der Waals surface area contributed by atoms with Crippen molar-refractivity contribution in [1.82, 2.24) is 9.55 Å². The number of aliphatic hydroxyl groups is 1. The Bertz CT molecular complexity index is 825. The molecule has 1 aromatic carbocycles. The van der Waals surface area contributed by atoms with Crippen LogP contribution in [0, 0.1) is 0 Å². The molecule has 21 heavy (non-hydrogen) atoms. The highest BCUT2D eigenvalue weighted by atomic mass is 35.5. The maximum Gasteiger partial charge on any atom is 0.0957 e. The molecular weight excluding hydrogens is 284 g/mol.